The third-order valence-corrected chi connectivity index (χ3v) is 10.1. The zero-order valence-electron chi connectivity index (χ0n) is 26.2. The number of halogens is 3. The molecule has 248 valence electrons. The van der Waals surface area contributed by atoms with E-state index < -0.39 is 28.5 Å². The average Bonchev–Trinajstić information content (AvgIpc) is 3.06. The van der Waals surface area contributed by atoms with Crippen LogP contribution in [0.15, 0.2) is 102 Å². The number of carbonyl (C=O) groups excluding carboxylic acids is 2. The smallest absolute Gasteiger partial charge is 0.264 e. The first kappa shape index (κ1) is 36.1. The Kier molecular flexibility index (Phi) is 12.6. The van der Waals surface area contributed by atoms with Crippen molar-refractivity contribution >= 4 is 62.3 Å². The van der Waals surface area contributed by atoms with Gasteiger partial charge in [-0.1, -0.05) is 103 Å². The summed E-state index contributed by atoms with van der Waals surface area (Å²) in [7, 11) is -2.84. The second-order valence-electron chi connectivity index (χ2n) is 11.3. The molecular weight excluding hydrogens is 681 g/mol. The Labute approximate surface area is 291 Å². The highest BCUT2D eigenvalue weighted by molar-refractivity contribution is 7.92. The third-order valence-electron chi connectivity index (χ3n) is 7.33. The number of carbonyl (C=O) groups is 2. The van der Waals surface area contributed by atoms with Crippen LogP contribution in [-0.2, 0) is 32.6 Å². The lowest BCUT2D eigenvalue weighted by molar-refractivity contribution is -0.140. The second-order valence-corrected chi connectivity index (χ2v) is 14.3. The van der Waals surface area contributed by atoms with Gasteiger partial charge < -0.3 is 15.0 Å². The van der Waals surface area contributed by atoms with Crippen molar-refractivity contribution < 1.29 is 22.7 Å². The van der Waals surface area contributed by atoms with E-state index in [4.69, 9.17) is 39.5 Å². The Morgan fingerprint density at radius 3 is 2.06 bits per heavy atom. The Bertz CT molecular complexity index is 1790. The quantitative estimate of drug-likeness (QED) is 0.148. The molecule has 1 N–H and O–H groups in total. The van der Waals surface area contributed by atoms with Crippen LogP contribution in [0.25, 0.3) is 0 Å². The van der Waals surface area contributed by atoms with Gasteiger partial charge in [0.25, 0.3) is 10.0 Å². The maximum Gasteiger partial charge on any atom is 0.264 e. The van der Waals surface area contributed by atoms with Crippen LogP contribution in [0.2, 0.25) is 15.1 Å². The first-order valence-corrected chi connectivity index (χ1v) is 17.4. The number of rotatable bonds is 14. The maximum atomic E-state index is 14.6. The minimum atomic E-state index is -4.28. The van der Waals surface area contributed by atoms with Crippen molar-refractivity contribution in [2.24, 2.45) is 5.92 Å². The third kappa shape index (κ3) is 9.41. The van der Waals surface area contributed by atoms with Crippen LogP contribution >= 0.6 is 34.8 Å². The van der Waals surface area contributed by atoms with Gasteiger partial charge in [-0.05, 0) is 59.5 Å². The molecular formula is C35H36Cl3N3O5S. The van der Waals surface area contributed by atoms with E-state index >= 15 is 0 Å². The molecule has 0 fully saturated rings. The SMILES string of the molecule is COc1ccc(N(CC(=O)N(Cc2ccc(Cl)c(Cl)c2)[C@H](Cc2ccccc2)C(=O)NCC(C)C)S(=O)(=O)c2ccccc2)cc1Cl. The predicted octanol–water partition coefficient (Wildman–Crippen LogP) is 7.26. The second kappa shape index (κ2) is 16.4. The fourth-order valence-electron chi connectivity index (χ4n) is 4.87. The van der Waals surface area contributed by atoms with Gasteiger partial charge in [0.2, 0.25) is 11.8 Å². The normalized spacial score (nSPS) is 12.0. The van der Waals surface area contributed by atoms with Gasteiger partial charge in [-0.25, -0.2) is 8.42 Å². The highest BCUT2D eigenvalue weighted by atomic mass is 35.5. The van der Waals surface area contributed by atoms with Crippen LogP contribution in [0.5, 0.6) is 5.75 Å². The summed E-state index contributed by atoms with van der Waals surface area (Å²) >= 11 is 18.9. The Morgan fingerprint density at radius 1 is 0.809 bits per heavy atom. The van der Waals surface area contributed by atoms with Crippen molar-refractivity contribution in [2.45, 2.75) is 37.8 Å². The lowest BCUT2D eigenvalue weighted by Gasteiger charge is -2.34. The molecule has 0 saturated heterocycles. The molecule has 0 bridgehead atoms. The fourth-order valence-corrected chi connectivity index (χ4v) is 6.87. The molecule has 4 aromatic rings. The fraction of sp³-hybridized carbons (Fsp3) is 0.257. The molecule has 0 aliphatic carbocycles. The minimum Gasteiger partial charge on any atom is -0.495 e. The van der Waals surface area contributed by atoms with E-state index in [1.807, 2.05) is 44.2 Å². The Hall–Kier alpha value is -3.76. The first-order chi connectivity index (χ1) is 22.4. The molecule has 0 aromatic heterocycles. The zero-order chi connectivity index (χ0) is 34.1. The van der Waals surface area contributed by atoms with Crippen LogP contribution in [-0.4, -0.2) is 51.4 Å². The van der Waals surface area contributed by atoms with Gasteiger partial charge in [-0.3, -0.25) is 13.9 Å². The lowest BCUT2D eigenvalue weighted by Crippen LogP contribution is -2.53. The molecule has 0 heterocycles. The number of ether oxygens (including phenoxy) is 1. The topological polar surface area (TPSA) is 96.0 Å². The van der Waals surface area contributed by atoms with E-state index in [0.717, 1.165) is 9.87 Å². The average molecular weight is 717 g/mol. The molecule has 0 saturated carbocycles. The van der Waals surface area contributed by atoms with Gasteiger partial charge >= 0.3 is 0 Å². The molecule has 47 heavy (non-hydrogen) atoms. The number of nitrogens with one attached hydrogen (secondary N) is 1. The summed E-state index contributed by atoms with van der Waals surface area (Å²) in [4.78, 5) is 29.8. The van der Waals surface area contributed by atoms with Crippen molar-refractivity contribution in [3.05, 3.63) is 123 Å². The van der Waals surface area contributed by atoms with E-state index in [9.17, 15) is 18.0 Å². The summed E-state index contributed by atoms with van der Waals surface area (Å²) in [6, 6.07) is 25.5. The largest absolute Gasteiger partial charge is 0.495 e. The van der Waals surface area contributed by atoms with Crippen molar-refractivity contribution in [3.8, 4) is 5.75 Å². The van der Waals surface area contributed by atoms with Gasteiger partial charge in [0.15, 0.2) is 0 Å². The number of sulfonamides is 1. The number of hydrogen-bond acceptors (Lipinski definition) is 5. The van der Waals surface area contributed by atoms with E-state index in [1.165, 1.54) is 42.3 Å². The van der Waals surface area contributed by atoms with Crippen LogP contribution in [0.1, 0.15) is 25.0 Å². The molecule has 4 rings (SSSR count). The van der Waals surface area contributed by atoms with Crippen molar-refractivity contribution in [2.75, 3.05) is 24.5 Å². The Morgan fingerprint density at radius 2 is 1.47 bits per heavy atom. The van der Waals surface area contributed by atoms with E-state index in [2.05, 4.69) is 5.32 Å². The molecule has 12 heteroatoms. The van der Waals surface area contributed by atoms with Crippen molar-refractivity contribution in [3.63, 3.8) is 0 Å². The van der Waals surface area contributed by atoms with E-state index in [0.29, 0.717) is 22.9 Å². The Balaban J connectivity index is 1.83. The van der Waals surface area contributed by atoms with E-state index in [-0.39, 0.29) is 45.4 Å². The minimum absolute atomic E-state index is 0.0220. The number of nitrogens with zero attached hydrogens (tertiary/aromatic N) is 2. The maximum absolute atomic E-state index is 14.6. The summed E-state index contributed by atoms with van der Waals surface area (Å²) in [6.07, 6.45) is 0.178. The van der Waals surface area contributed by atoms with Gasteiger partial charge in [0.1, 0.15) is 18.3 Å². The number of hydrogen-bond donors (Lipinski definition) is 1. The van der Waals surface area contributed by atoms with E-state index in [1.54, 1.807) is 36.4 Å². The summed E-state index contributed by atoms with van der Waals surface area (Å²) in [5, 5.41) is 3.74. The summed E-state index contributed by atoms with van der Waals surface area (Å²) in [5.41, 5.74) is 1.57. The first-order valence-electron chi connectivity index (χ1n) is 14.9. The van der Waals surface area contributed by atoms with Gasteiger partial charge in [-0.2, -0.15) is 0 Å². The predicted molar refractivity (Wildman–Crippen MR) is 188 cm³/mol. The lowest BCUT2D eigenvalue weighted by atomic mass is 10.0. The number of anilines is 1. The highest BCUT2D eigenvalue weighted by Gasteiger charge is 2.35. The molecule has 0 spiro atoms. The molecule has 0 aliphatic heterocycles. The van der Waals surface area contributed by atoms with Crippen molar-refractivity contribution in [1.29, 1.82) is 0 Å². The summed E-state index contributed by atoms with van der Waals surface area (Å²) in [6.45, 7) is 3.64. The number of methoxy groups -OCH3 is 1. The van der Waals surface area contributed by atoms with Gasteiger partial charge in [0, 0.05) is 19.5 Å². The molecule has 0 unspecified atom stereocenters. The standard InChI is InChI=1S/C35H36Cl3N3O5S/c1-24(2)21-39-35(43)32(19-25-10-6-4-7-11-25)40(22-26-14-16-29(36)30(37)18-26)34(42)23-41(27-15-17-33(46-3)31(38)20-27)47(44,45)28-12-8-5-9-13-28/h4-18,20,24,32H,19,21-23H2,1-3H3,(H,39,43)/t32-/m1/s1. The number of benzene rings is 4. The van der Waals surface area contributed by atoms with Gasteiger partial charge in [-0.15, -0.1) is 0 Å². The van der Waals surface area contributed by atoms with Crippen LogP contribution in [0, 0.1) is 5.92 Å². The monoisotopic (exact) mass is 715 g/mol. The van der Waals surface area contributed by atoms with Crippen LogP contribution in [0.3, 0.4) is 0 Å². The highest BCUT2D eigenvalue weighted by Crippen LogP contribution is 2.32. The van der Waals surface area contributed by atoms with Crippen LogP contribution < -0.4 is 14.4 Å². The number of amides is 2. The molecule has 0 aliphatic rings. The summed E-state index contributed by atoms with van der Waals surface area (Å²) < 4.78 is 34.5. The van der Waals surface area contributed by atoms with Crippen LogP contribution in [0.4, 0.5) is 5.69 Å². The molecule has 2 amide bonds. The molecule has 4 aromatic carbocycles. The van der Waals surface area contributed by atoms with Crippen molar-refractivity contribution in [1.82, 2.24) is 10.2 Å². The summed E-state index contributed by atoms with van der Waals surface area (Å²) in [5.74, 6) is -0.504. The molecule has 1 atom stereocenters. The zero-order valence-corrected chi connectivity index (χ0v) is 29.3. The molecule has 8 nitrogen and oxygen atoms in total. The van der Waals surface area contributed by atoms with Gasteiger partial charge in [0.05, 0.1) is 32.8 Å². The molecule has 0 radical (unpaired) electrons.